The van der Waals surface area contributed by atoms with Crippen molar-refractivity contribution in [2.24, 2.45) is 0 Å². The minimum atomic E-state index is -3.73. The number of esters is 1. The van der Waals surface area contributed by atoms with Crippen LogP contribution in [0.15, 0.2) is 47.4 Å². The van der Waals surface area contributed by atoms with E-state index in [0.717, 1.165) is 0 Å². The molecule has 0 spiro atoms. The molecule has 1 aliphatic rings. The zero-order chi connectivity index (χ0) is 20.1. The summed E-state index contributed by atoms with van der Waals surface area (Å²) in [4.78, 5) is 12.5. The van der Waals surface area contributed by atoms with Crippen molar-refractivity contribution in [3.05, 3.63) is 53.6 Å². The minimum Gasteiger partial charge on any atom is -0.493 e. The van der Waals surface area contributed by atoms with Crippen LogP contribution >= 0.6 is 0 Å². The molecule has 2 aromatic rings. The number of hydrogen-bond acceptors (Lipinski definition) is 7. The molecule has 0 atom stereocenters. The topological polar surface area (TPSA) is 106 Å². The third-order valence-corrected chi connectivity index (χ3v) is 6.07. The molecule has 146 valence electrons. The van der Waals surface area contributed by atoms with Gasteiger partial charge in [-0.1, -0.05) is 6.07 Å². The lowest BCUT2D eigenvalue weighted by Gasteiger charge is -2.26. The summed E-state index contributed by atoms with van der Waals surface area (Å²) < 4.78 is 42.5. The Hall–Kier alpha value is -2.93. The van der Waals surface area contributed by atoms with Crippen LogP contribution in [0, 0.1) is 11.3 Å². The van der Waals surface area contributed by atoms with Crippen molar-refractivity contribution in [2.75, 3.05) is 33.4 Å². The number of carbonyl (C=O) groups excluding carboxylic acids is 1. The lowest BCUT2D eigenvalue weighted by atomic mass is 10.2. The highest BCUT2D eigenvalue weighted by atomic mass is 32.2. The van der Waals surface area contributed by atoms with Crippen LogP contribution in [0.1, 0.15) is 15.9 Å². The van der Waals surface area contributed by atoms with E-state index in [1.807, 2.05) is 6.07 Å². The first-order valence-corrected chi connectivity index (χ1v) is 9.88. The van der Waals surface area contributed by atoms with Crippen LogP contribution in [0.25, 0.3) is 0 Å². The maximum Gasteiger partial charge on any atom is 0.343 e. The molecule has 0 saturated carbocycles. The van der Waals surface area contributed by atoms with Gasteiger partial charge < -0.3 is 14.2 Å². The lowest BCUT2D eigenvalue weighted by molar-refractivity contribution is 0.0725. The van der Waals surface area contributed by atoms with Gasteiger partial charge in [-0.2, -0.15) is 9.57 Å². The van der Waals surface area contributed by atoms with Crippen LogP contribution in [0.4, 0.5) is 0 Å². The molecule has 0 aliphatic carbocycles. The van der Waals surface area contributed by atoms with Crippen LogP contribution < -0.4 is 9.47 Å². The van der Waals surface area contributed by atoms with E-state index in [2.05, 4.69) is 0 Å². The van der Waals surface area contributed by atoms with Crippen molar-refractivity contribution >= 4 is 16.0 Å². The number of ether oxygens (including phenoxy) is 3. The summed E-state index contributed by atoms with van der Waals surface area (Å²) in [7, 11) is -2.34. The number of sulfonamides is 1. The number of rotatable bonds is 5. The number of nitrogens with zero attached hydrogens (tertiary/aromatic N) is 2. The Labute approximate surface area is 162 Å². The van der Waals surface area contributed by atoms with Gasteiger partial charge in [-0.25, -0.2) is 13.2 Å². The second kappa shape index (κ2) is 8.39. The van der Waals surface area contributed by atoms with Gasteiger partial charge in [0, 0.05) is 19.2 Å². The highest BCUT2D eigenvalue weighted by molar-refractivity contribution is 7.89. The summed E-state index contributed by atoms with van der Waals surface area (Å²) in [6.45, 7) is 1.19. The quantitative estimate of drug-likeness (QED) is 0.555. The van der Waals surface area contributed by atoms with Crippen molar-refractivity contribution in [1.29, 1.82) is 5.26 Å². The van der Waals surface area contributed by atoms with Gasteiger partial charge in [0.25, 0.3) is 0 Å². The number of benzene rings is 2. The number of carbonyl (C=O) groups is 1. The molecular formula is C19H18N2O6S. The van der Waals surface area contributed by atoms with Gasteiger partial charge in [0.2, 0.25) is 10.0 Å². The Morgan fingerprint density at radius 2 is 1.89 bits per heavy atom. The Morgan fingerprint density at radius 1 is 1.14 bits per heavy atom. The maximum atomic E-state index is 12.8. The summed E-state index contributed by atoms with van der Waals surface area (Å²) in [5.74, 6) is -0.375. The SMILES string of the molecule is COc1cc(C#N)ccc1OC(=O)c1cccc(S(=O)(=O)N2CCOCC2)c1. The van der Waals surface area contributed by atoms with E-state index in [1.54, 1.807) is 0 Å². The zero-order valence-corrected chi connectivity index (χ0v) is 15.9. The molecule has 1 aliphatic heterocycles. The molecule has 3 rings (SSSR count). The molecule has 0 amide bonds. The van der Waals surface area contributed by atoms with Crippen molar-refractivity contribution in [3.8, 4) is 17.6 Å². The van der Waals surface area contributed by atoms with Crippen LogP contribution in [-0.2, 0) is 14.8 Å². The van der Waals surface area contributed by atoms with Gasteiger partial charge in [0.1, 0.15) is 0 Å². The summed E-state index contributed by atoms with van der Waals surface area (Å²) in [5, 5.41) is 8.94. The van der Waals surface area contributed by atoms with E-state index < -0.39 is 16.0 Å². The van der Waals surface area contributed by atoms with Crippen LogP contribution in [0.5, 0.6) is 11.5 Å². The van der Waals surface area contributed by atoms with E-state index in [0.29, 0.717) is 18.8 Å². The molecule has 0 radical (unpaired) electrons. The number of hydrogen-bond donors (Lipinski definition) is 0. The first kappa shape index (κ1) is 19.8. The fraction of sp³-hybridized carbons (Fsp3) is 0.263. The Kier molecular flexibility index (Phi) is 5.94. The molecule has 0 aromatic heterocycles. The molecular weight excluding hydrogens is 384 g/mol. The first-order valence-electron chi connectivity index (χ1n) is 8.44. The predicted octanol–water partition coefficient (Wildman–Crippen LogP) is 1.81. The fourth-order valence-corrected chi connectivity index (χ4v) is 4.15. The smallest absolute Gasteiger partial charge is 0.343 e. The molecule has 1 fully saturated rings. The lowest BCUT2D eigenvalue weighted by Crippen LogP contribution is -2.40. The molecule has 0 unspecified atom stereocenters. The first-order chi connectivity index (χ1) is 13.5. The van der Waals surface area contributed by atoms with Gasteiger partial charge in [0.05, 0.1) is 42.4 Å². The minimum absolute atomic E-state index is 0.00986. The van der Waals surface area contributed by atoms with Gasteiger partial charge in [-0.3, -0.25) is 0 Å². The third kappa shape index (κ3) is 4.14. The van der Waals surface area contributed by atoms with Gasteiger partial charge in [-0.05, 0) is 30.3 Å². The molecule has 1 heterocycles. The van der Waals surface area contributed by atoms with E-state index in [-0.39, 0.29) is 35.0 Å². The average Bonchev–Trinajstić information content (AvgIpc) is 2.74. The number of methoxy groups -OCH3 is 1. The average molecular weight is 402 g/mol. The number of morpholine rings is 1. The second-order valence-electron chi connectivity index (χ2n) is 5.91. The molecule has 1 saturated heterocycles. The van der Waals surface area contributed by atoms with Crippen molar-refractivity contribution in [3.63, 3.8) is 0 Å². The fourth-order valence-electron chi connectivity index (χ4n) is 2.70. The maximum absolute atomic E-state index is 12.8. The second-order valence-corrected chi connectivity index (χ2v) is 7.85. The van der Waals surface area contributed by atoms with Crippen LogP contribution in [0.3, 0.4) is 0 Å². The Bertz CT molecular complexity index is 1020. The van der Waals surface area contributed by atoms with Crippen LogP contribution in [0.2, 0.25) is 0 Å². The highest BCUT2D eigenvalue weighted by Crippen LogP contribution is 2.29. The van der Waals surface area contributed by atoms with Crippen molar-refractivity contribution < 1.29 is 27.4 Å². The standard InChI is InChI=1S/C19H18N2O6S/c1-25-18-11-14(13-20)5-6-17(18)27-19(22)15-3-2-4-16(12-15)28(23,24)21-7-9-26-10-8-21/h2-6,11-12H,7-10H2,1H3. The highest BCUT2D eigenvalue weighted by Gasteiger charge is 2.27. The van der Waals surface area contributed by atoms with E-state index in [1.165, 1.54) is 53.9 Å². The van der Waals surface area contributed by atoms with E-state index in [9.17, 15) is 13.2 Å². The van der Waals surface area contributed by atoms with Crippen LogP contribution in [-0.4, -0.2) is 52.1 Å². The number of nitriles is 1. The molecule has 2 aromatic carbocycles. The third-order valence-electron chi connectivity index (χ3n) is 4.17. The molecule has 28 heavy (non-hydrogen) atoms. The largest absolute Gasteiger partial charge is 0.493 e. The summed E-state index contributed by atoms with van der Waals surface area (Å²) in [6, 6.07) is 12.0. The summed E-state index contributed by atoms with van der Waals surface area (Å²) in [6.07, 6.45) is 0. The van der Waals surface area contributed by atoms with Gasteiger partial charge in [0.15, 0.2) is 11.5 Å². The Morgan fingerprint density at radius 3 is 2.57 bits per heavy atom. The summed E-state index contributed by atoms with van der Waals surface area (Å²) >= 11 is 0. The zero-order valence-electron chi connectivity index (χ0n) is 15.1. The molecule has 8 nitrogen and oxygen atoms in total. The molecule has 0 N–H and O–H groups in total. The van der Waals surface area contributed by atoms with Crippen molar-refractivity contribution in [1.82, 2.24) is 4.31 Å². The van der Waals surface area contributed by atoms with Crippen molar-refractivity contribution in [2.45, 2.75) is 4.90 Å². The molecule has 9 heteroatoms. The predicted molar refractivity (Wildman–Crippen MR) is 98.7 cm³/mol. The van der Waals surface area contributed by atoms with Gasteiger partial charge in [-0.15, -0.1) is 0 Å². The van der Waals surface area contributed by atoms with Gasteiger partial charge >= 0.3 is 5.97 Å². The van der Waals surface area contributed by atoms with E-state index in [4.69, 9.17) is 19.5 Å². The Balaban J connectivity index is 1.84. The monoisotopic (exact) mass is 402 g/mol. The summed E-state index contributed by atoms with van der Waals surface area (Å²) in [5.41, 5.74) is 0.441. The normalized spacial score (nSPS) is 14.9. The van der Waals surface area contributed by atoms with E-state index >= 15 is 0 Å². The molecule has 0 bridgehead atoms.